The topological polar surface area (TPSA) is 17.1 Å². The molecule has 2 aliphatic rings. The van der Waals surface area contributed by atoms with E-state index in [1.54, 1.807) is 0 Å². The van der Waals surface area contributed by atoms with Gasteiger partial charge in [0.2, 0.25) is 0 Å². The zero-order chi connectivity index (χ0) is 9.00. The molecule has 3 rings (SSSR count). The van der Waals surface area contributed by atoms with E-state index >= 15 is 0 Å². The standard InChI is InChI=1S/C11H9IO/c12-7-1-2-8-6-3-10(9(8)5-7)11(13)4-6/h1-2,5-6,10H,3-4H2/t6-,10-/m1/s1. The molecule has 0 radical (unpaired) electrons. The maximum atomic E-state index is 11.5. The van der Waals surface area contributed by atoms with Crippen molar-refractivity contribution in [1.29, 1.82) is 0 Å². The normalized spacial score (nSPS) is 29.5. The van der Waals surface area contributed by atoms with Crippen molar-refractivity contribution in [3.8, 4) is 0 Å². The molecule has 2 aliphatic carbocycles. The zero-order valence-corrected chi connectivity index (χ0v) is 9.24. The van der Waals surface area contributed by atoms with Crippen LogP contribution in [0.3, 0.4) is 0 Å². The SMILES string of the molecule is O=C1C[C@H]2C[C@@H]1c1cc(I)ccc12. The first-order valence-corrected chi connectivity index (χ1v) is 5.65. The highest BCUT2D eigenvalue weighted by Gasteiger charge is 2.42. The molecule has 2 bridgehead atoms. The first kappa shape index (κ1) is 7.97. The van der Waals surface area contributed by atoms with Gasteiger partial charge in [-0.15, -0.1) is 0 Å². The van der Waals surface area contributed by atoms with Crippen molar-refractivity contribution in [3.05, 3.63) is 32.9 Å². The van der Waals surface area contributed by atoms with Crippen LogP contribution in [0.1, 0.15) is 35.8 Å². The van der Waals surface area contributed by atoms with Gasteiger partial charge in [0.1, 0.15) is 5.78 Å². The molecule has 1 aromatic carbocycles. The quantitative estimate of drug-likeness (QED) is 0.669. The van der Waals surface area contributed by atoms with Crippen molar-refractivity contribution in [2.45, 2.75) is 24.7 Å². The Morgan fingerprint density at radius 1 is 1.31 bits per heavy atom. The van der Waals surface area contributed by atoms with Crippen molar-refractivity contribution in [2.24, 2.45) is 0 Å². The molecule has 0 aliphatic heterocycles. The van der Waals surface area contributed by atoms with Crippen LogP contribution in [0, 0.1) is 3.57 Å². The van der Waals surface area contributed by atoms with E-state index in [1.165, 1.54) is 14.7 Å². The predicted octanol–water partition coefficient (Wildman–Crippen LogP) is 2.83. The minimum Gasteiger partial charge on any atom is -0.299 e. The number of rotatable bonds is 0. The van der Waals surface area contributed by atoms with Gasteiger partial charge in [-0.05, 0) is 58.2 Å². The number of halogens is 1. The largest absolute Gasteiger partial charge is 0.299 e. The van der Waals surface area contributed by atoms with Crippen LogP contribution in [-0.4, -0.2) is 5.78 Å². The molecule has 0 saturated heterocycles. The van der Waals surface area contributed by atoms with E-state index in [0.717, 1.165) is 12.8 Å². The molecule has 0 spiro atoms. The molecule has 13 heavy (non-hydrogen) atoms. The minimum atomic E-state index is 0.245. The van der Waals surface area contributed by atoms with Gasteiger partial charge >= 0.3 is 0 Å². The Labute approximate surface area is 90.7 Å². The highest BCUT2D eigenvalue weighted by Crippen LogP contribution is 2.51. The van der Waals surface area contributed by atoms with Gasteiger partial charge in [-0.2, -0.15) is 0 Å². The van der Waals surface area contributed by atoms with Crippen LogP contribution in [-0.2, 0) is 4.79 Å². The van der Waals surface area contributed by atoms with Crippen LogP contribution in [0.5, 0.6) is 0 Å². The zero-order valence-electron chi connectivity index (χ0n) is 7.09. The fraction of sp³-hybridized carbons (Fsp3) is 0.364. The van der Waals surface area contributed by atoms with E-state index in [-0.39, 0.29) is 5.92 Å². The van der Waals surface area contributed by atoms with Crippen molar-refractivity contribution in [2.75, 3.05) is 0 Å². The summed E-state index contributed by atoms with van der Waals surface area (Å²) in [6.45, 7) is 0. The lowest BCUT2D eigenvalue weighted by molar-refractivity contribution is -0.118. The lowest BCUT2D eigenvalue weighted by atomic mass is 9.91. The highest BCUT2D eigenvalue weighted by molar-refractivity contribution is 14.1. The van der Waals surface area contributed by atoms with Crippen LogP contribution in [0.25, 0.3) is 0 Å². The summed E-state index contributed by atoms with van der Waals surface area (Å²) in [6.07, 6.45) is 1.87. The summed E-state index contributed by atoms with van der Waals surface area (Å²) in [5.41, 5.74) is 2.75. The second-order valence-electron chi connectivity index (χ2n) is 3.93. The number of hydrogen-bond acceptors (Lipinski definition) is 1. The Kier molecular flexibility index (Phi) is 1.57. The van der Waals surface area contributed by atoms with Crippen molar-refractivity contribution in [3.63, 3.8) is 0 Å². The van der Waals surface area contributed by atoms with E-state index in [9.17, 15) is 4.79 Å². The first-order valence-electron chi connectivity index (χ1n) is 4.58. The Bertz CT molecular complexity index is 397. The van der Waals surface area contributed by atoms with Gasteiger partial charge in [-0.25, -0.2) is 0 Å². The molecule has 0 amide bonds. The summed E-state index contributed by atoms with van der Waals surface area (Å²) in [4.78, 5) is 11.5. The summed E-state index contributed by atoms with van der Waals surface area (Å²) in [5, 5.41) is 0. The number of hydrogen-bond donors (Lipinski definition) is 0. The summed E-state index contributed by atoms with van der Waals surface area (Å²) < 4.78 is 1.25. The number of ketones is 1. The van der Waals surface area contributed by atoms with Crippen molar-refractivity contribution in [1.82, 2.24) is 0 Å². The van der Waals surface area contributed by atoms with Crippen LogP contribution >= 0.6 is 22.6 Å². The molecule has 0 unspecified atom stereocenters. The number of fused-ring (bicyclic) bond motifs is 5. The van der Waals surface area contributed by atoms with E-state index in [2.05, 4.69) is 40.8 Å². The van der Waals surface area contributed by atoms with Crippen LogP contribution in [0.2, 0.25) is 0 Å². The molecule has 1 saturated carbocycles. The van der Waals surface area contributed by atoms with E-state index in [0.29, 0.717) is 11.7 Å². The lowest BCUT2D eigenvalue weighted by Crippen LogP contribution is -2.09. The Morgan fingerprint density at radius 3 is 3.00 bits per heavy atom. The summed E-state index contributed by atoms with van der Waals surface area (Å²) >= 11 is 2.31. The second-order valence-corrected chi connectivity index (χ2v) is 5.17. The van der Waals surface area contributed by atoms with Gasteiger partial charge < -0.3 is 0 Å². The van der Waals surface area contributed by atoms with Gasteiger partial charge in [0.25, 0.3) is 0 Å². The highest BCUT2D eigenvalue weighted by atomic mass is 127. The minimum absolute atomic E-state index is 0.245. The Morgan fingerprint density at radius 2 is 2.15 bits per heavy atom. The molecule has 2 atom stereocenters. The smallest absolute Gasteiger partial charge is 0.140 e. The third kappa shape index (κ3) is 1.01. The van der Waals surface area contributed by atoms with Crippen molar-refractivity contribution < 1.29 is 4.79 Å². The van der Waals surface area contributed by atoms with Gasteiger partial charge in [-0.3, -0.25) is 4.79 Å². The molecule has 2 heteroatoms. The third-order valence-electron chi connectivity index (χ3n) is 3.22. The molecule has 66 valence electrons. The number of Topliss-reactive ketones (excluding diaryl/α,β-unsaturated/α-hetero) is 1. The fourth-order valence-corrected chi connectivity index (χ4v) is 3.16. The average Bonchev–Trinajstić information content (AvgIpc) is 2.60. The molecule has 0 aromatic heterocycles. The number of carbonyl (C=O) groups is 1. The lowest BCUT2D eigenvalue weighted by Gasteiger charge is -2.13. The molecular weight excluding hydrogens is 275 g/mol. The number of carbonyl (C=O) groups excluding carboxylic acids is 1. The van der Waals surface area contributed by atoms with Crippen LogP contribution < -0.4 is 0 Å². The van der Waals surface area contributed by atoms with Gasteiger partial charge in [0.05, 0.1) is 0 Å². The second kappa shape index (κ2) is 2.56. The third-order valence-corrected chi connectivity index (χ3v) is 3.89. The average molecular weight is 284 g/mol. The Hall–Kier alpha value is -0.380. The van der Waals surface area contributed by atoms with E-state index in [4.69, 9.17) is 0 Å². The fourth-order valence-electron chi connectivity index (χ4n) is 2.64. The molecular formula is C11H9IO. The summed E-state index contributed by atoms with van der Waals surface area (Å²) in [7, 11) is 0. The van der Waals surface area contributed by atoms with Gasteiger partial charge in [0, 0.05) is 15.9 Å². The van der Waals surface area contributed by atoms with Crippen LogP contribution in [0.15, 0.2) is 18.2 Å². The van der Waals surface area contributed by atoms with Gasteiger partial charge in [0.15, 0.2) is 0 Å². The van der Waals surface area contributed by atoms with E-state index in [1.807, 2.05) is 0 Å². The summed E-state index contributed by atoms with van der Waals surface area (Å²) in [5.74, 6) is 1.25. The molecule has 1 fully saturated rings. The molecule has 1 nitrogen and oxygen atoms in total. The summed E-state index contributed by atoms with van der Waals surface area (Å²) in [6, 6.07) is 6.52. The maximum Gasteiger partial charge on any atom is 0.140 e. The Balaban J connectivity index is 2.21. The molecule has 0 N–H and O–H groups in total. The predicted molar refractivity (Wildman–Crippen MR) is 58.9 cm³/mol. The molecule has 0 heterocycles. The monoisotopic (exact) mass is 284 g/mol. The van der Waals surface area contributed by atoms with Gasteiger partial charge in [-0.1, -0.05) is 6.07 Å². The number of benzene rings is 1. The molecule has 1 aromatic rings. The maximum absolute atomic E-state index is 11.5. The van der Waals surface area contributed by atoms with Crippen molar-refractivity contribution >= 4 is 28.4 Å². The van der Waals surface area contributed by atoms with E-state index < -0.39 is 0 Å². The van der Waals surface area contributed by atoms with Crippen LogP contribution in [0.4, 0.5) is 0 Å². The first-order chi connectivity index (χ1) is 6.25.